The number of nitrogens with zero attached hydrogens (tertiary/aromatic N) is 1. The smallest absolute Gasteiger partial charge is 0.220 e. The normalized spacial score (nSPS) is 27.0. The van der Waals surface area contributed by atoms with Gasteiger partial charge < -0.3 is 15.0 Å². The van der Waals surface area contributed by atoms with Gasteiger partial charge >= 0.3 is 0 Å². The second-order valence-electron chi connectivity index (χ2n) is 8.23. The lowest BCUT2D eigenvalue weighted by Crippen LogP contribution is -2.59. The van der Waals surface area contributed by atoms with Crippen molar-refractivity contribution in [2.75, 3.05) is 20.6 Å². The first-order valence-electron chi connectivity index (χ1n) is 9.56. The molecule has 142 valence electrons. The SMILES string of the molecule is Cc1ccc2c(c1)[C@]1(C)CCC(=O)[C@H](NC(=O)CCCCN(C)C)[C@@H]1O2. The monoisotopic (exact) mass is 358 g/mol. The van der Waals surface area contributed by atoms with E-state index < -0.39 is 6.04 Å². The van der Waals surface area contributed by atoms with Crippen LogP contribution in [0.2, 0.25) is 0 Å². The van der Waals surface area contributed by atoms with E-state index >= 15 is 0 Å². The zero-order chi connectivity index (χ0) is 18.9. The summed E-state index contributed by atoms with van der Waals surface area (Å²) in [6.07, 6.45) is 3.19. The second-order valence-corrected chi connectivity index (χ2v) is 8.23. The third-order valence-corrected chi connectivity index (χ3v) is 5.75. The molecule has 0 bridgehead atoms. The molecule has 2 aliphatic rings. The molecule has 1 aromatic rings. The number of benzene rings is 1. The Bertz CT molecular complexity index is 700. The summed E-state index contributed by atoms with van der Waals surface area (Å²) in [4.78, 5) is 27.1. The van der Waals surface area contributed by atoms with Crippen molar-refractivity contribution in [3.05, 3.63) is 29.3 Å². The van der Waals surface area contributed by atoms with Gasteiger partial charge in [-0.05, 0) is 52.9 Å². The van der Waals surface area contributed by atoms with E-state index in [1.54, 1.807) is 0 Å². The van der Waals surface area contributed by atoms with Crippen LogP contribution in [0.15, 0.2) is 18.2 Å². The molecule has 1 fully saturated rings. The Kier molecular flexibility index (Phi) is 5.37. The Hall–Kier alpha value is -1.88. The number of unbranched alkanes of at least 4 members (excludes halogenated alkanes) is 1. The van der Waals surface area contributed by atoms with E-state index in [9.17, 15) is 9.59 Å². The van der Waals surface area contributed by atoms with Crippen LogP contribution in [0, 0.1) is 6.92 Å². The van der Waals surface area contributed by atoms with Gasteiger partial charge in [0.15, 0.2) is 5.78 Å². The summed E-state index contributed by atoms with van der Waals surface area (Å²) in [5.74, 6) is 0.878. The van der Waals surface area contributed by atoms with E-state index in [0.29, 0.717) is 12.8 Å². The minimum atomic E-state index is -0.553. The standard InChI is InChI=1S/C21H30N2O3/c1-14-8-9-17-15(13-14)21(2)11-10-16(24)19(20(21)26-17)22-18(25)7-5-6-12-23(3)4/h8-9,13,19-20H,5-7,10-12H2,1-4H3,(H,22,25)/t19-,20-,21-/m0/s1. The molecule has 3 atom stereocenters. The summed E-state index contributed by atoms with van der Waals surface area (Å²) in [5, 5.41) is 2.98. The molecule has 1 amide bonds. The Morgan fingerprint density at radius 2 is 2.12 bits per heavy atom. The van der Waals surface area contributed by atoms with E-state index in [-0.39, 0.29) is 23.2 Å². The summed E-state index contributed by atoms with van der Waals surface area (Å²) in [6, 6.07) is 5.62. The van der Waals surface area contributed by atoms with Crippen molar-refractivity contribution < 1.29 is 14.3 Å². The van der Waals surface area contributed by atoms with Crippen LogP contribution in [0.1, 0.15) is 50.2 Å². The molecule has 1 aliphatic heterocycles. The fourth-order valence-electron chi connectivity index (χ4n) is 4.15. The number of ketones is 1. The van der Waals surface area contributed by atoms with E-state index in [1.165, 1.54) is 11.1 Å². The van der Waals surface area contributed by atoms with Crippen LogP contribution in [-0.4, -0.2) is 49.4 Å². The molecule has 1 aromatic carbocycles. The summed E-state index contributed by atoms with van der Waals surface area (Å²) < 4.78 is 6.17. The van der Waals surface area contributed by atoms with Gasteiger partial charge in [0.1, 0.15) is 17.9 Å². The molecule has 5 heteroatoms. The summed E-state index contributed by atoms with van der Waals surface area (Å²) in [5.41, 5.74) is 2.13. The first kappa shape index (κ1) is 18.9. The van der Waals surface area contributed by atoms with Gasteiger partial charge in [-0.25, -0.2) is 0 Å². The maximum absolute atomic E-state index is 12.6. The predicted molar refractivity (Wildman–Crippen MR) is 102 cm³/mol. The molecule has 0 spiro atoms. The number of carbonyl (C=O) groups is 2. The minimum Gasteiger partial charge on any atom is -0.487 e. The molecule has 3 rings (SSSR count). The molecule has 26 heavy (non-hydrogen) atoms. The highest BCUT2D eigenvalue weighted by Crippen LogP contribution is 2.49. The molecular formula is C21H30N2O3. The third-order valence-electron chi connectivity index (χ3n) is 5.75. The highest BCUT2D eigenvalue weighted by atomic mass is 16.5. The summed E-state index contributed by atoms with van der Waals surface area (Å²) >= 11 is 0. The summed E-state index contributed by atoms with van der Waals surface area (Å²) in [7, 11) is 4.05. The molecule has 1 aliphatic carbocycles. The number of fused-ring (bicyclic) bond motifs is 3. The zero-order valence-electron chi connectivity index (χ0n) is 16.3. The van der Waals surface area contributed by atoms with E-state index in [2.05, 4.69) is 30.1 Å². The van der Waals surface area contributed by atoms with Crippen molar-refractivity contribution in [1.82, 2.24) is 10.2 Å². The molecule has 0 unspecified atom stereocenters. The Labute approximate surface area is 156 Å². The van der Waals surface area contributed by atoms with Crippen LogP contribution in [0.3, 0.4) is 0 Å². The zero-order valence-corrected chi connectivity index (χ0v) is 16.3. The van der Waals surface area contributed by atoms with Gasteiger partial charge in [-0.3, -0.25) is 9.59 Å². The highest BCUT2D eigenvalue weighted by Gasteiger charge is 2.54. The van der Waals surface area contributed by atoms with Gasteiger partial charge in [-0.1, -0.05) is 24.6 Å². The van der Waals surface area contributed by atoms with E-state index in [4.69, 9.17) is 4.74 Å². The van der Waals surface area contributed by atoms with Crippen molar-refractivity contribution in [2.45, 2.75) is 63.5 Å². The van der Waals surface area contributed by atoms with Crippen LogP contribution in [0.4, 0.5) is 0 Å². The van der Waals surface area contributed by atoms with Gasteiger partial charge in [0.25, 0.3) is 0 Å². The number of carbonyl (C=O) groups excluding carboxylic acids is 2. The van der Waals surface area contributed by atoms with Gasteiger partial charge in [-0.15, -0.1) is 0 Å². The van der Waals surface area contributed by atoms with Crippen molar-refractivity contribution in [2.24, 2.45) is 0 Å². The number of aryl methyl sites for hydroxylation is 1. The van der Waals surface area contributed by atoms with Crippen LogP contribution >= 0.6 is 0 Å². The van der Waals surface area contributed by atoms with Crippen LogP contribution in [-0.2, 0) is 15.0 Å². The minimum absolute atomic E-state index is 0.0536. The molecule has 5 nitrogen and oxygen atoms in total. The molecule has 0 saturated heterocycles. The number of Topliss-reactive ketones (excluding diaryl/α,β-unsaturated/α-hetero) is 1. The van der Waals surface area contributed by atoms with Crippen molar-refractivity contribution in [1.29, 1.82) is 0 Å². The number of rotatable bonds is 6. The highest BCUT2D eigenvalue weighted by molar-refractivity contribution is 5.91. The number of nitrogens with one attached hydrogen (secondary N) is 1. The third kappa shape index (κ3) is 3.63. The van der Waals surface area contributed by atoms with E-state index in [1.807, 2.05) is 26.2 Å². The average Bonchev–Trinajstić information content (AvgIpc) is 2.87. The first-order valence-corrected chi connectivity index (χ1v) is 9.56. The fourth-order valence-corrected chi connectivity index (χ4v) is 4.15. The second kappa shape index (κ2) is 7.39. The van der Waals surface area contributed by atoms with E-state index in [0.717, 1.165) is 31.6 Å². The Morgan fingerprint density at radius 1 is 1.35 bits per heavy atom. The lowest BCUT2D eigenvalue weighted by molar-refractivity contribution is -0.133. The number of hydrogen-bond acceptors (Lipinski definition) is 4. The predicted octanol–water partition coefficient (Wildman–Crippen LogP) is 2.59. The van der Waals surface area contributed by atoms with Gasteiger partial charge in [0.05, 0.1) is 0 Å². The number of ether oxygens (including phenoxy) is 1. The first-order chi connectivity index (χ1) is 12.3. The molecule has 0 aromatic heterocycles. The molecule has 0 radical (unpaired) electrons. The van der Waals surface area contributed by atoms with Crippen molar-refractivity contribution in [3.63, 3.8) is 0 Å². The van der Waals surface area contributed by atoms with Crippen LogP contribution in [0.5, 0.6) is 5.75 Å². The summed E-state index contributed by atoms with van der Waals surface area (Å²) in [6.45, 7) is 5.19. The quantitative estimate of drug-likeness (QED) is 0.794. The maximum atomic E-state index is 12.6. The largest absolute Gasteiger partial charge is 0.487 e. The molecule has 1 heterocycles. The molecular weight excluding hydrogens is 328 g/mol. The number of amides is 1. The van der Waals surface area contributed by atoms with Gasteiger partial charge in [0.2, 0.25) is 5.91 Å². The molecule has 1 N–H and O–H groups in total. The van der Waals surface area contributed by atoms with Crippen LogP contribution < -0.4 is 10.1 Å². The Morgan fingerprint density at radius 3 is 2.85 bits per heavy atom. The van der Waals surface area contributed by atoms with Crippen LogP contribution in [0.25, 0.3) is 0 Å². The topological polar surface area (TPSA) is 58.6 Å². The average molecular weight is 358 g/mol. The fraction of sp³-hybridized carbons (Fsp3) is 0.619. The molecule has 1 saturated carbocycles. The van der Waals surface area contributed by atoms with Crippen molar-refractivity contribution >= 4 is 11.7 Å². The van der Waals surface area contributed by atoms with Gasteiger partial charge in [-0.2, -0.15) is 0 Å². The van der Waals surface area contributed by atoms with Gasteiger partial charge in [0, 0.05) is 23.8 Å². The maximum Gasteiger partial charge on any atom is 0.220 e. The Balaban J connectivity index is 1.68. The lowest BCUT2D eigenvalue weighted by atomic mass is 9.67. The lowest BCUT2D eigenvalue weighted by Gasteiger charge is -2.39. The number of hydrogen-bond donors (Lipinski definition) is 1. The van der Waals surface area contributed by atoms with Crippen molar-refractivity contribution in [3.8, 4) is 5.75 Å².